The number of hydrogen-bond acceptors (Lipinski definition) is 4. The number of carbonyl (C=O) groups excluding carboxylic acids is 2. The van der Waals surface area contributed by atoms with Crippen molar-refractivity contribution in [2.24, 2.45) is 0 Å². The Morgan fingerprint density at radius 3 is 2.17 bits per heavy atom. The predicted octanol–water partition coefficient (Wildman–Crippen LogP) is 6.71. The van der Waals surface area contributed by atoms with Crippen LogP contribution in [0.15, 0.2) is 77.7 Å². The molecule has 1 N–H and O–H groups in total. The van der Waals surface area contributed by atoms with E-state index in [0.717, 1.165) is 36.4 Å². The van der Waals surface area contributed by atoms with E-state index < -0.39 is 28.5 Å². The number of carbonyl (C=O) groups is 2. The van der Waals surface area contributed by atoms with Crippen LogP contribution in [-0.2, 0) is 26.2 Å². The summed E-state index contributed by atoms with van der Waals surface area (Å²) in [5.74, 6) is -0.879. The summed E-state index contributed by atoms with van der Waals surface area (Å²) in [6.45, 7) is 1.07. The number of amides is 2. The number of sulfonamides is 1. The van der Waals surface area contributed by atoms with Crippen LogP contribution >= 0.6 is 34.8 Å². The van der Waals surface area contributed by atoms with Crippen molar-refractivity contribution >= 4 is 62.3 Å². The fourth-order valence-corrected chi connectivity index (χ4v) is 6.87. The summed E-state index contributed by atoms with van der Waals surface area (Å²) in [5, 5.41) is 4.27. The molecule has 11 heteroatoms. The van der Waals surface area contributed by atoms with E-state index in [2.05, 4.69) is 5.32 Å². The summed E-state index contributed by atoms with van der Waals surface area (Å²) in [5.41, 5.74) is 0.834. The van der Waals surface area contributed by atoms with Gasteiger partial charge in [0.2, 0.25) is 11.8 Å². The SMILES string of the molecule is CC(C(=O)NC1CCCCC1)N(Cc1ccc(Cl)cc1Cl)C(=O)CN(c1ccc(Cl)cc1)S(=O)(=O)c1ccccc1. The number of benzene rings is 3. The number of hydrogen-bond donors (Lipinski definition) is 1. The lowest BCUT2D eigenvalue weighted by molar-refractivity contribution is -0.139. The highest BCUT2D eigenvalue weighted by Gasteiger charge is 2.33. The molecule has 3 aromatic rings. The first-order valence-corrected chi connectivity index (χ1v) is 16.0. The van der Waals surface area contributed by atoms with Crippen LogP contribution in [0.4, 0.5) is 5.69 Å². The van der Waals surface area contributed by atoms with Crippen LogP contribution in [0.1, 0.15) is 44.6 Å². The van der Waals surface area contributed by atoms with Crippen LogP contribution < -0.4 is 9.62 Å². The molecule has 0 aliphatic heterocycles. The Morgan fingerprint density at radius 1 is 0.902 bits per heavy atom. The maximum atomic E-state index is 14.0. The Labute approximate surface area is 256 Å². The van der Waals surface area contributed by atoms with Gasteiger partial charge in [-0.1, -0.05) is 78.3 Å². The van der Waals surface area contributed by atoms with Crippen LogP contribution in [0.2, 0.25) is 15.1 Å². The number of nitrogens with one attached hydrogen (secondary N) is 1. The maximum Gasteiger partial charge on any atom is 0.264 e. The summed E-state index contributed by atoms with van der Waals surface area (Å²) in [4.78, 5) is 28.8. The fraction of sp³-hybridized carbons (Fsp3) is 0.333. The summed E-state index contributed by atoms with van der Waals surface area (Å²) < 4.78 is 28.6. The molecule has 1 aliphatic carbocycles. The molecule has 3 aromatic carbocycles. The zero-order chi connectivity index (χ0) is 29.6. The zero-order valence-corrected chi connectivity index (χ0v) is 25.7. The number of anilines is 1. The standard InChI is InChI=1S/C30H32Cl3N3O4S/c1-21(30(38)34-25-8-4-2-5-9-25)35(19-22-12-13-24(32)18-28(22)33)29(37)20-36(26-16-14-23(31)15-17-26)41(39,40)27-10-6-3-7-11-27/h3,6-7,10-18,21,25H,2,4-5,8-9,19-20H2,1H3,(H,34,38). The highest BCUT2D eigenvalue weighted by Crippen LogP contribution is 2.27. The van der Waals surface area contributed by atoms with Gasteiger partial charge in [-0.3, -0.25) is 13.9 Å². The topological polar surface area (TPSA) is 86.8 Å². The molecule has 41 heavy (non-hydrogen) atoms. The van der Waals surface area contributed by atoms with Gasteiger partial charge in [0.15, 0.2) is 0 Å². The average Bonchev–Trinajstić information content (AvgIpc) is 2.96. The van der Waals surface area contributed by atoms with Crippen LogP contribution in [-0.4, -0.2) is 43.8 Å². The van der Waals surface area contributed by atoms with E-state index >= 15 is 0 Å². The first kappa shape index (κ1) is 31.2. The molecule has 0 saturated heterocycles. The summed E-state index contributed by atoms with van der Waals surface area (Å²) in [6.07, 6.45) is 4.98. The van der Waals surface area contributed by atoms with Crippen molar-refractivity contribution in [3.63, 3.8) is 0 Å². The Balaban J connectivity index is 1.68. The van der Waals surface area contributed by atoms with Gasteiger partial charge in [0, 0.05) is 27.7 Å². The number of halogens is 3. The molecule has 1 saturated carbocycles. The Kier molecular flexibility index (Phi) is 10.6. The van der Waals surface area contributed by atoms with Gasteiger partial charge in [-0.2, -0.15) is 0 Å². The van der Waals surface area contributed by atoms with Crippen molar-refractivity contribution in [2.75, 3.05) is 10.8 Å². The Bertz CT molecular complexity index is 1460. The average molecular weight is 637 g/mol. The molecule has 1 aliphatic rings. The molecule has 1 fully saturated rings. The molecule has 0 aromatic heterocycles. The quantitative estimate of drug-likeness (QED) is 0.268. The van der Waals surface area contributed by atoms with E-state index in [4.69, 9.17) is 34.8 Å². The lowest BCUT2D eigenvalue weighted by Gasteiger charge is -2.33. The molecule has 7 nitrogen and oxygen atoms in total. The Hall–Kier alpha value is -2.78. The van der Waals surface area contributed by atoms with Gasteiger partial charge in [0.1, 0.15) is 12.6 Å². The smallest absolute Gasteiger partial charge is 0.264 e. The van der Waals surface area contributed by atoms with Crippen molar-refractivity contribution in [3.8, 4) is 0 Å². The zero-order valence-electron chi connectivity index (χ0n) is 22.6. The minimum Gasteiger partial charge on any atom is -0.352 e. The molecule has 2 amide bonds. The van der Waals surface area contributed by atoms with E-state index in [-0.39, 0.29) is 29.1 Å². The second kappa shape index (κ2) is 13.9. The van der Waals surface area contributed by atoms with Crippen molar-refractivity contribution in [1.82, 2.24) is 10.2 Å². The minimum atomic E-state index is -4.15. The molecule has 1 atom stereocenters. The van der Waals surface area contributed by atoms with Gasteiger partial charge < -0.3 is 10.2 Å². The lowest BCUT2D eigenvalue weighted by Crippen LogP contribution is -2.53. The highest BCUT2D eigenvalue weighted by atomic mass is 35.5. The van der Waals surface area contributed by atoms with Crippen molar-refractivity contribution < 1.29 is 18.0 Å². The van der Waals surface area contributed by atoms with E-state index in [1.165, 1.54) is 29.2 Å². The normalized spacial score (nSPS) is 14.7. The van der Waals surface area contributed by atoms with Crippen LogP contribution in [0.25, 0.3) is 0 Å². The third kappa shape index (κ3) is 7.95. The number of rotatable bonds is 10. The van der Waals surface area contributed by atoms with Crippen molar-refractivity contribution in [2.45, 2.75) is 62.6 Å². The lowest BCUT2D eigenvalue weighted by atomic mass is 9.95. The number of nitrogens with zero attached hydrogens (tertiary/aromatic N) is 2. The fourth-order valence-electron chi connectivity index (χ4n) is 4.84. The summed E-state index contributed by atoms with van der Waals surface area (Å²) >= 11 is 18.6. The van der Waals surface area contributed by atoms with Crippen LogP contribution in [0, 0.1) is 0 Å². The molecule has 1 unspecified atom stereocenters. The van der Waals surface area contributed by atoms with E-state index in [1.807, 2.05) is 0 Å². The largest absolute Gasteiger partial charge is 0.352 e. The monoisotopic (exact) mass is 635 g/mol. The van der Waals surface area contributed by atoms with Gasteiger partial charge >= 0.3 is 0 Å². The van der Waals surface area contributed by atoms with E-state index in [0.29, 0.717) is 20.6 Å². The van der Waals surface area contributed by atoms with Gasteiger partial charge in [0.05, 0.1) is 10.6 Å². The van der Waals surface area contributed by atoms with Crippen LogP contribution in [0.5, 0.6) is 0 Å². The van der Waals surface area contributed by atoms with Crippen molar-refractivity contribution in [3.05, 3.63) is 93.4 Å². The van der Waals surface area contributed by atoms with E-state index in [9.17, 15) is 18.0 Å². The first-order chi connectivity index (χ1) is 19.6. The molecule has 0 radical (unpaired) electrons. The van der Waals surface area contributed by atoms with Crippen molar-refractivity contribution in [1.29, 1.82) is 0 Å². The van der Waals surface area contributed by atoms with Gasteiger partial charge in [0.25, 0.3) is 10.0 Å². The molecular formula is C30H32Cl3N3O4S. The molecule has 0 bridgehead atoms. The molecule has 4 rings (SSSR count). The second-order valence-electron chi connectivity index (χ2n) is 10.1. The first-order valence-electron chi connectivity index (χ1n) is 13.4. The third-order valence-corrected chi connectivity index (χ3v) is 9.83. The molecule has 0 spiro atoms. The highest BCUT2D eigenvalue weighted by molar-refractivity contribution is 7.92. The predicted molar refractivity (Wildman–Crippen MR) is 164 cm³/mol. The molecule has 218 valence electrons. The second-order valence-corrected chi connectivity index (χ2v) is 13.2. The third-order valence-electron chi connectivity index (χ3n) is 7.20. The molecule has 0 heterocycles. The molecular weight excluding hydrogens is 605 g/mol. The van der Waals surface area contributed by atoms with Crippen LogP contribution in [0.3, 0.4) is 0 Å². The summed E-state index contributed by atoms with van der Waals surface area (Å²) in [7, 11) is -4.15. The van der Waals surface area contributed by atoms with Gasteiger partial charge in [-0.15, -0.1) is 0 Å². The van der Waals surface area contributed by atoms with Gasteiger partial charge in [-0.05, 0) is 73.9 Å². The van der Waals surface area contributed by atoms with Gasteiger partial charge in [-0.25, -0.2) is 8.42 Å². The van der Waals surface area contributed by atoms with E-state index in [1.54, 1.807) is 55.5 Å². The maximum absolute atomic E-state index is 14.0. The minimum absolute atomic E-state index is 0.0199. The summed E-state index contributed by atoms with van der Waals surface area (Å²) in [6, 6.07) is 18.1. The Morgan fingerprint density at radius 2 is 1.54 bits per heavy atom.